The molecule has 1 radical (unpaired) electrons. The van der Waals surface area contributed by atoms with Crippen molar-refractivity contribution < 1.29 is 32.4 Å². The normalized spacial score (nSPS) is 2.40. The zero-order valence-corrected chi connectivity index (χ0v) is 3.49. The Morgan fingerprint density at radius 2 is 1.60 bits per heavy atom. The summed E-state index contributed by atoms with van der Waals surface area (Å²) < 4.78 is 0. The number of rotatable bonds is 0. The van der Waals surface area contributed by atoms with Crippen LogP contribution < -0.4 is 0 Å². The summed E-state index contributed by atoms with van der Waals surface area (Å²) in [6, 6.07) is 0. The third-order valence-electron chi connectivity index (χ3n) is 0. The number of hydrogen-bond acceptors (Lipinski definition) is 1. The van der Waals surface area contributed by atoms with Crippen molar-refractivity contribution in [3.63, 3.8) is 0 Å². The number of hydrogen-bond donors (Lipinski definition) is 1. The minimum Gasteiger partial charge on any atom is -0.483 e. The van der Waals surface area contributed by atoms with Crippen LogP contribution in [-0.4, -0.2) is 17.1 Å². The van der Waals surface area contributed by atoms with Gasteiger partial charge in [-0.25, -0.2) is 0 Å². The van der Waals surface area contributed by atoms with Crippen molar-refractivity contribution in [2.75, 3.05) is 0 Å². The van der Waals surface area contributed by atoms with Crippen molar-refractivity contribution in [3.05, 3.63) is 0 Å². The fraction of sp³-hybridized carbons (Fsp3) is 0. The Kier molecular flexibility index (Phi) is 155. The van der Waals surface area contributed by atoms with E-state index in [1.54, 1.807) is 0 Å². The molecule has 0 saturated carbocycles. The fourth-order valence-corrected chi connectivity index (χ4v) is 0. The predicted molar refractivity (Wildman–Crippen MR) is 12.3 cm³/mol. The van der Waals surface area contributed by atoms with Gasteiger partial charge < -0.3 is 10.6 Å². The van der Waals surface area contributed by atoms with Gasteiger partial charge in [0.2, 0.25) is 0 Å². The molecule has 0 aromatic heterocycles. The van der Waals surface area contributed by atoms with Gasteiger partial charge in [0.05, 0.1) is 0 Å². The molecule has 0 bridgehead atoms. The first-order chi connectivity index (χ1) is 1.41. The largest absolute Gasteiger partial charge is 0.483 e. The molecule has 4 heteroatoms. The molecule has 0 fully saturated rings. The van der Waals surface area contributed by atoms with E-state index in [9.17, 15) is 0 Å². The van der Waals surface area contributed by atoms with Crippen LogP contribution in [0.4, 0.5) is 0 Å². The first-order valence-corrected chi connectivity index (χ1v) is 0.494. The van der Waals surface area contributed by atoms with Crippen LogP contribution in [0.5, 0.6) is 0 Å². The first-order valence-electron chi connectivity index (χ1n) is 0.494. The number of carboxylic acid groups (broad SMARTS) is 1. The average Bonchev–Trinajstić information content (AvgIpc) is 0.918. The number of carbonyl (C=O) groups is 1. The molecule has 0 saturated heterocycles. The van der Waals surface area contributed by atoms with Crippen LogP contribution in [0.15, 0.2) is 0 Å². The third kappa shape index (κ3) is 5880. The second-order valence-corrected chi connectivity index (χ2v) is 0.105. The summed E-state index contributed by atoms with van der Waals surface area (Å²) in [6.45, 7) is -0.250. The molecular weight excluding hydrogens is 115 g/mol. The van der Waals surface area contributed by atoms with Gasteiger partial charge in [0, 0.05) is 17.1 Å². The monoisotopic (exact) mass is 119 g/mol. The van der Waals surface area contributed by atoms with E-state index in [2.05, 4.69) is 0 Å². The maximum Gasteiger partial charge on any atom is 0.290 e. The van der Waals surface area contributed by atoms with Crippen LogP contribution in [0.25, 0.3) is 0 Å². The van der Waals surface area contributed by atoms with Crippen molar-refractivity contribution in [1.29, 1.82) is 0 Å². The van der Waals surface area contributed by atoms with Crippen molar-refractivity contribution in [1.82, 2.24) is 0 Å². The van der Waals surface area contributed by atoms with Gasteiger partial charge in [0.15, 0.2) is 0 Å². The standard InChI is InChI=1S/CH2O2.Mn.H2O/c2-1-3;;/h1H,(H,2,3);;1H2. The average molecular weight is 119 g/mol. The SMILES string of the molecule is O.O=CO.[Mn]. The van der Waals surface area contributed by atoms with Crippen molar-refractivity contribution in [2.45, 2.75) is 0 Å². The smallest absolute Gasteiger partial charge is 0.290 e. The van der Waals surface area contributed by atoms with Gasteiger partial charge >= 0.3 is 0 Å². The Balaban J connectivity index is -0.0000000200. The van der Waals surface area contributed by atoms with E-state index >= 15 is 0 Å². The molecule has 0 spiro atoms. The minimum absolute atomic E-state index is 0. The van der Waals surface area contributed by atoms with Crippen LogP contribution in [0, 0.1) is 0 Å². The fourth-order valence-electron chi connectivity index (χ4n) is 0. The quantitative estimate of drug-likeness (QED) is 0.324. The predicted octanol–water partition coefficient (Wildman–Crippen LogP) is -1.13. The Labute approximate surface area is 39.8 Å². The molecule has 0 aromatic rings. The second-order valence-electron chi connectivity index (χ2n) is 0.105. The van der Waals surface area contributed by atoms with Gasteiger partial charge in [0.25, 0.3) is 6.47 Å². The molecular formula is CH4MnO3. The maximum atomic E-state index is 8.36. The van der Waals surface area contributed by atoms with E-state index in [0.717, 1.165) is 0 Å². The molecule has 3 N–H and O–H groups in total. The Hall–Kier alpha value is -0.0505. The summed E-state index contributed by atoms with van der Waals surface area (Å²) in [5, 5.41) is 6.89. The Bertz CT molecular complexity index is 14.4. The van der Waals surface area contributed by atoms with E-state index in [4.69, 9.17) is 9.90 Å². The summed E-state index contributed by atoms with van der Waals surface area (Å²) >= 11 is 0. The minimum atomic E-state index is -0.250. The van der Waals surface area contributed by atoms with Gasteiger partial charge in [-0.1, -0.05) is 0 Å². The van der Waals surface area contributed by atoms with Crippen molar-refractivity contribution >= 4 is 6.47 Å². The van der Waals surface area contributed by atoms with E-state index in [0.29, 0.717) is 0 Å². The molecule has 0 aliphatic heterocycles. The van der Waals surface area contributed by atoms with Crippen molar-refractivity contribution in [3.8, 4) is 0 Å². The van der Waals surface area contributed by atoms with E-state index < -0.39 is 0 Å². The topological polar surface area (TPSA) is 68.8 Å². The molecule has 0 aliphatic carbocycles. The molecule has 0 aliphatic rings. The molecule has 0 amide bonds. The molecule has 3 nitrogen and oxygen atoms in total. The van der Waals surface area contributed by atoms with E-state index in [1.165, 1.54) is 0 Å². The van der Waals surface area contributed by atoms with Gasteiger partial charge in [0.1, 0.15) is 0 Å². The van der Waals surface area contributed by atoms with Gasteiger partial charge in [-0.05, 0) is 0 Å². The third-order valence-corrected chi connectivity index (χ3v) is 0. The summed E-state index contributed by atoms with van der Waals surface area (Å²) in [5.74, 6) is 0. The molecule has 5 heavy (non-hydrogen) atoms. The summed E-state index contributed by atoms with van der Waals surface area (Å²) in [5.41, 5.74) is 0. The summed E-state index contributed by atoms with van der Waals surface area (Å²) in [4.78, 5) is 8.36. The summed E-state index contributed by atoms with van der Waals surface area (Å²) in [7, 11) is 0. The van der Waals surface area contributed by atoms with E-state index in [-0.39, 0.29) is 29.0 Å². The van der Waals surface area contributed by atoms with Gasteiger partial charge in [-0.3, -0.25) is 4.79 Å². The Morgan fingerprint density at radius 3 is 1.60 bits per heavy atom. The van der Waals surface area contributed by atoms with Crippen molar-refractivity contribution in [2.24, 2.45) is 0 Å². The van der Waals surface area contributed by atoms with Gasteiger partial charge in [-0.15, -0.1) is 0 Å². The molecule has 0 heterocycles. The molecule has 33 valence electrons. The zero-order valence-electron chi connectivity index (χ0n) is 2.31. The molecule has 0 aromatic carbocycles. The van der Waals surface area contributed by atoms with E-state index in [1.807, 2.05) is 0 Å². The van der Waals surface area contributed by atoms with Crippen LogP contribution in [0.1, 0.15) is 0 Å². The van der Waals surface area contributed by atoms with Crippen LogP contribution in [0.3, 0.4) is 0 Å². The zero-order chi connectivity index (χ0) is 2.71. The summed E-state index contributed by atoms with van der Waals surface area (Å²) in [6.07, 6.45) is 0. The second kappa shape index (κ2) is 38.1. The molecule has 0 rings (SSSR count). The van der Waals surface area contributed by atoms with Crippen LogP contribution in [-0.2, 0) is 21.9 Å². The first kappa shape index (κ1) is 20.3. The molecule has 0 atom stereocenters. The van der Waals surface area contributed by atoms with Crippen LogP contribution in [0.2, 0.25) is 0 Å². The maximum absolute atomic E-state index is 8.36. The van der Waals surface area contributed by atoms with Gasteiger partial charge in [-0.2, -0.15) is 0 Å². The van der Waals surface area contributed by atoms with Crippen LogP contribution >= 0.6 is 0 Å². The Morgan fingerprint density at radius 1 is 1.60 bits per heavy atom. The molecule has 0 unspecified atom stereocenters.